The quantitative estimate of drug-likeness (QED) is 0.848. The van der Waals surface area contributed by atoms with E-state index in [2.05, 4.69) is 15.3 Å². The number of nitrogens with one attached hydrogen (secondary N) is 2. The number of amides is 1. The third-order valence-electron chi connectivity index (χ3n) is 2.25. The van der Waals surface area contributed by atoms with Gasteiger partial charge in [-0.3, -0.25) is 9.38 Å². The molecule has 0 atom stereocenters. The predicted octanol–water partition coefficient (Wildman–Crippen LogP) is 1.05. The van der Waals surface area contributed by atoms with Crippen LogP contribution in [0.3, 0.4) is 0 Å². The number of carbonyl (C=O) groups excluding carboxylic acids is 1. The van der Waals surface area contributed by atoms with Crippen LogP contribution in [-0.2, 0) is 11.3 Å². The number of hydrogen-bond donors (Lipinski definition) is 2. The second-order valence-corrected chi connectivity index (χ2v) is 5.08. The first kappa shape index (κ1) is 13.1. The van der Waals surface area contributed by atoms with Crippen LogP contribution in [0.15, 0.2) is 23.1 Å². The highest BCUT2D eigenvalue weighted by atomic mass is 16.6. The summed E-state index contributed by atoms with van der Waals surface area (Å²) in [5.74, 6) is 0.377. The Bertz CT molecular complexity index is 651. The summed E-state index contributed by atoms with van der Waals surface area (Å²) in [4.78, 5) is 29.9. The highest BCUT2D eigenvalue weighted by Gasteiger charge is 2.16. The Hall–Kier alpha value is -2.31. The lowest BCUT2D eigenvalue weighted by Gasteiger charge is -2.19. The van der Waals surface area contributed by atoms with Crippen LogP contribution in [0.5, 0.6) is 0 Å². The molecule has 0 radical (unpaired) electrons. The van der Waals surface area contributed by atoms with Gasteiger partial charge in [-0.05, 0) is 32.9 Å². The lowest BCUT2D eigenvalue weighted by Crippen LogP contribution is -2.33. The van der Waals surface area contributed by atoms with Crippen molar-refractivity contribution in [3.63, 3.8) is 0 Å². The number of hydrogen-bond acceptors (Lipinski definition) is 4. The zero-order valence-electron chi connectivity index (χ0n) is 11.1. The van der Waals surface area contributed by atoms with E-state index in [1.807, 2.05) is 0 Å². The number of fused-ring (bicyclic) bond motifs is 1. The zero-order chi connectivity index (χ0) is 14.0. The molecule has 7 nitrogen and oxygen atoms in total. The number of aromatic amines is 1. The van der Waals surface area contributed by atoms with E-state index in [-0.39, 0.29) is 12.2 Å². The molecule has 0 saturated heterocycles. The number of ether oxygens (including phenoxy) is 1. The van der Waals surface area contributed by atoms with Crippen LogP contribution in [0.1, 0.15) is 26.6 Å². The van der Waals surface area contributed by atoms with Gasteiger partial charge in [0, 0.05) is 6.20 Å². The summed E-state index contributed by atoms with van der Waals surface area (Å²) < 4.78 is 6.47. The minimum atomic E-state index is -0.559. The number of H-pyrrole nitrogens is 1. The maximum Gasteiger partial charge on any atom is 0.408 e. The van der Waals surface area contributed by atoms with E-state index in [0.717, 1.165) is 0 Å². The van der Waals surface area contributed by atoms with Gasteiger partial charge in [-0.15, -0.1) is 0 Å². The number of alkyl carbamates (subject to hydrolysis) is 1. The highest BCUT2D eigenvalue weighted by Crippen LogP contribution is 2.06. The Kier molecular flexibility index (Phi) is 3.28. The van der Waals surface area contributed by atoms with Gasteiger partial charge in [0.15, 0.2) is 0 Å². The molecular formula is C12H16N4O3. The van der Waals surface area contributed by atoms with Crippen molar-refractivity contribution in [3.05, 3.63) is 34.6 Å². The standard InChI is InChI=1S/C12H16N4O3/c1-12(2,3)19-11(18)13-7-8-14-9-5-4-6-16(9)10(17)15-8/h4-6H,7H2,1-3H3,(H,13,18)(H,14,15,17). The molecule has 2 aromatic heterocycles. The van der Waals surface area contributed by atoms with Gasteiger partial charge in [0.1, 0.15) is 17.1 Å². The molecule has 0 aliphatic carbocycles. The molecule has 0 aliphatic rings. The number of nitrogens with zero attached hydrogens (tertiary/aromatic N) is 2. The van der Waals surface area contributed by atoms with Crippen molar-refractivity contribution in [2.75, 3.05) is 0 Å². The lowest BCUT2D eigenvalue weighted by molar-refractivity contribution is 0.0522. The molecular weight excluding hydrogens is 248 g/mol. The third kappa shape index (κ3) is 3.34. The van der Waals surface area contributed by atoms with Gasteiger partial charge in [-0.1, -0.05) is 0 Å². The molecule has 0 bridgehead atoms. The van der Waals surface area contributed by atoms with Crippen molar-refractivity contribution >= 4 is 11.7 Å². The van der Waals surface area contributed by atoms with Crippen molar-refractivity contribution in [2.45, 2.75) is 32.9 Å². The molecule has 7 heteroatoms. The van der Waals surface area contributed by atoms with Crippen LogP contribution in [0, 0.1) is 0 Å². The SMILES string of the molecule is CC(C)(C)OC(=O)NCc1nc2cccn2c(=O)[nH]1. The largest absolute Gasteiger partial charge is 0.444 e. The van der Waals surface area contributed by atoms with Gasteiger partial charge >= 0.3 is 11.8 Å². The molecule has 1 amide bonds. The van der Waals surface area contributed by atoms with Crippen molar-refractivity contribution in [1.82, 2.24) is 19.7 Å². The zero-order valence-corrected chi connectivity index (χ0v) is 11.1. The van der Waals surface area contributed by atoms with Crippen LogP contribution >= 0.6 is 0 Å². The van der Waals surface area contributed by atoms with Gasteiger partial charge in [0.2, 0.25) is 0 Å². The molecule has 2 N–H and O–H groups in total. The van der Waals surface area contributed by atoms with Crippen LogP contribution in [0.2, 0.25) is 0 Å². The van der Waals surface area contributed by atoms with Crippen LogP contribution < -0.4 is 11.0 Å². The highest BCUT2D eigenvalue weighted by molar-refractivity contribution is 5.67. The first-order chi connectivity index (χ1) is 8.85. The molecule has 0 aromatic carbocycles. The van der Waals surface area contributed by atoms with E-state index < -0.39 is 11.7 Å². The monoisotopic (exact) mass is 264 g/mol. The molecule has 0 spiro atoms. The fraction of sp³-hybridized carbons (Fsp3) is 0.417. The molecule has 2 heterocycles. The van der Waals surface area contributed by atoms with E-state index in [9.17, 15) is 9.59 Å². The first-order valence-corrected chi connectivity index (χ1v) is 5.88. The summed E-state index contributed by atoms with van der Waals surface area (Å²) in [5, 5.41) is 2.54. The summed E-state index contributed by atoms with van der Waals surface area (Å²) in [7, 11) is 0. The maximum absolute atomic E-state index is 11.7. The van der Waals surface area contributed by atoms with Crippen molar-refractivity contribution in [1.29, 1.82) is 0 Å². The Balaban J connectivity index is 2.06. The molecule has 19 heavy (non-hydrogen) atoms. The van der Waals surface area contributed by atoms with E-state index in [1.54, 1.807) is 39.1 Å². The number of aromatic nitrogens is 3. The Morgan fingerprint density at radius 3 is 2.95 bits per heavy atom. The van der Waals surface area contributed by atoms with Crippen molar-refractivity contribution < 1.29 is 9.53 Å². The third-order valence-corrected chi connectivity index (χ3v) is 2.25. The van der Waals surface area contributed by atoms with E-state index in [1.165, 1.54) is 4.40 Å². The smallest absolute Gasteiger partial charge is 0.408 e. The van der Waals surface area contributed by atoms with Gasteiger partial charge in [0.25, 0.3) is 0 Å². The molecule has 0 unspecified atom stereocenters. The Morgan fingerprint density at radius 1 is 1.53 bits per heavy atom. The van der Waals surface area contributed by atoms with E-state index in [4.69, 9.17) is 4.74 Å². The summed E-state index contributed by atoms with van der Waals surface area (Å²) >= 11 is 0. The average molecular weight is 264 g/mol. The van der Waals surface area contributed by atoms with Crippen LogP contribution in [0.25, 0.3) is 5.65 Å². The fourth-order valence-corrected chi connectivity index (χ4v) is 1.54. The van der Waals surface area contributed by atoms with Gasteiger partial charge in [-0.2, -0.15) is 0 Å². The molecule has 2 rings (SSSR count). The molecule has 0 aliphatic heterocycles. The normalized spacial score (nSPS) is 11.5. The summed E-state index contributed by atoms with van der Waals surface area (Å²) in [6.45, 7) is 5.43. The molecule has 0 fully saturated rings. The number of carbonyl (C=O) groups is 1. The van der Waals surface area contributed by atoms with Crippen molar-refractivity contribution in [3.8, 4) is 0 Å². The first-order valence-electron chi connectivity index (χ1n) is 5.88. The van der Waals surface area contributed by atoms with Gasteiger partial charge < -0.3 is 10.1 Å². The summed E-state index contributed by atoms with van der Waals surface area (Å²) in [5.41, 5.74) is -0.322. The van der Waals surface area contributed by atoms with Crippen LogP contribution in [-0.4, -0.2) is 26.1 Å². The molecule has 102 valence electrons. The maximum atomic E-state index is 11.7. The summed E-state index contributed by atoms with van der Waals surface area (Å²) in [6, 6.07) is 3.44. The predicted molar refractivity (Wildman–Crippen MR) is 68.9 cm³/mol. The minimum absolute atomic E-state index is 0.103. The minimum Gasteiger partial charge on any atom is -0.444 e. The van der Waals surface area contributed by atoms with Gasteiger partial charge in [0.05, 0.1) is 6.54 Å². The number of rotatable bonds is 2. The second-order valence-electron chi connectivity index (χ2n) is 5.08. The average Bonchev–Trinajstić information content (AvgIpc) is 2.72. The van der Waals surface area contributed by atoms with Gasteiger partial charge in [-0.25, -0.2) is 14.6 Å². The molecule has 0 saturated carbocycles. The van der Waals surface area contributed by atoms with E-state index in [0.29, 0.717) is 11.5 Å². The topological polar surface area (TPSA) is 88.5 Å². The second kappa shape index (κ2) is 4.75. The van der Waals surface area contributed by atoms with Crippen molar-refractivity contribution in [2.24, 2.45) is 0 Å². The Labute approximate surface area is 109 Å². The Morgan fingerprint density at radius 2 is 2.26 bits per heavy atom. The fourth-order valence-electron chi connectivity index (χ4n) is 1.54. The van der Waals surface area contributed by atoms with E-state index >= 15 is 0 Å². The van der Waals surface area contributed by atoms with Crippen LogP contribution in [0.4, 0.5) is 4.79 Å². The summed E-state index contributed by atoms with van der Waals surface area (Å²) in [6.07, 6.45) is 1.07. The molecule has 2 aromatic rings. The lowest BCUT2D eigenvalue weighted by atomic mass is 10.2.